The number of halogens is 2. The lowest BCUT2D eigenvalue weighted by atomic mass is 10.1. The summed E-state index contributed by atoms with van der Waals surface area (Å²) in [6, 6.07) is 7.62. The highest BCUT2D eigenvalue weighted by atomic mass is 19.1. The summed E-state index contributed by atoms with van der Waals surface area (Å²) in [6.45, 7) is 1.54. The molecule has 0 atom stereocenters. The molecule has 0 unspecified atom stereocenters. The molecule has 0 aliphatic heterocycles. The molecular formula is C24H19F2N9O. The van der Waals surface area contributed by atoms with Gasteiger partial charge in [-0.15, -0.1) is 0 Å². The number of nitrogen functional groups attached to an aromatic ring is 1. The quantitative estimate of drug-likeness (QED) is 0.409. The minimum atomic E-state index is -0.792. The van der Waals surface area contributed by atoms with Crippen LogP contribution in [0, 0.1) is 18.7 Å². The average molecular weight is 487 g/mol. The van der Waals surface area contributed by atoms with Crippen LogP contribution in [0.1, 0.15) is 21.7 Å². The van der Waals surface area contributed by atoms with Crippen LogP contribution in [0.5, 0.6) is 0 Å². The smallest absolute Gasteiger partial charge is 0.261 e. The van der Waals surface area contributed by atoms with Crippen LogP contribution in [0.3, 0.4) is 0 Å². The number of benzene rings is 1. The van der Waals surface area contributed by atoms with Crippen LogP contribution in [0.4, 0.5) is 20.3 Å². The lowest BCUT2D eigenvalue weighted by Crippen LogP contribution is -2.31. The number of aromatic nitrogens is 7. The maximum atomic E-state index is 15.3. The van der Waals surface area contributed by atoms with E-state index in [4.69, 9.17) is 5.73 Å². The first-order valence-corrected chi connectivity index (χ1v) is 11.0. The molecule has 0 bridgehead atoms. The van der Waals surface area contributed by atoms with E-state index in [-0.39, 0.29) is 29.1 Å². The van der Waals surface area contributed by atoms with Crippen molar-refractivity contribution in [2.75, 3.05) is 10.6 Å². The van der Waals surface area contributed by atoms with Crippen molar-refractivity contribution >= 4 is 39.6 Å². The lowest BCUT2D eigenvalue weighted by molar-refractivity contribution is 0.0981. The third-order valence-electron chi connectivity index (χ3n) is 6.08. The number of carbonyl (C=O) groups excluding carboxylic acids is 1. The van der Waals surface area contributed by atoms with Gasteiger partial charge in [0.25, 0.3) is 5.91 Å². The third kappa shape index (κ3) is 3.26. The fourth-order valence-corrected chi connectivity index (χ4v) is 4.35. The number of nitrogens with two attached hydrogens (primary N) is 1. The second kappa shape index (κ2) is 7.83. The molecular weight excluding hydrogens is 468 g/mol. The number of carbonyl (C=O) groups is 1. The van der Waals surface area contributed by atoms with E-state index >= 15 is 8.78 Å². The number of pyridine rings is 1. The highest BCUT2D eigenvalue weighted by Gasteiger charge is 2.26. The maximum absolute atomic E-state index is 15.3. The van der Waals surface area contributed by atoms with Gasteiger partial charge >= 0.3 is 0 Å². The Labute approximate surface area is 202 Å². The summed E-state index contributed by atoms with van der Waals surface area (Å²) in [7, 11) is 1.68. The van der Waals surface area contributed by atoms with Crippen LogP contribution < -0.4 is 10.6 Å². The number of fused-ring (bicyclic) bond motifs is 4. The predicted octanol–water partition coefficient (Wildman–Crippen LogP) is 3.28. The topological polar surface area (TPSA) is 112 Å². The normalized spacial score (nSPS) is 11.7. The number of amides is 1. The van der Waals surface area contributed by atoms with E-state index in [0.29, 0.717) is 28.1 Å². The molecule has 0 radical (unpaired) electrons. The van der Waals surface area contributed by atoms with Crippen molar-refractivity contribution < 1.29 is 13.6 Å². The van der Waals surface area contributed by atoms with Crippen molar-refractivity contribution in [3.05, 3.63) is 84.0 Å². The predicted molar refractivity (Wildman–Crippen MR) is 128 cm³/mol. The van der Waals surface area contributed by atoms with Crippen molar-refractivity contribution in [2.24, 2.45) is 7.05 Å². The highest BCUT2D eigenvalue weighted by Crippen LogP contribution is 2.27. The first-order valence-electron chi connectivity index (χ1n) is 11.0. The van der Waals surface area contributed by atoms with Crippen molar-refractivity contribution in [1.82, 2.24) is 33.5 Å². The Morgan fingerprint density at radius 1 is 1.17 bits per heavy atom. The van der Waals surface area contributed by atoms with Gasteiger partial charge < -0.3 is 5.73 Å². The van der Waals surface area contributed by atoms with Gasteiger partial charge in [-0.2, -0.15) is 9.49 Å². The first-order chi connectivity index (χ1) is 17.3. The van der Waals surface area contributed by atoms with Crippen LogP contribution >= 0.6 is 0 Å². The van der Waals surface area contributed by atoms with Crippen LogP contribution in [0.25, 0.3) is 22.2 Å². The minimum absolute atomic E-state index is 0.0293. The summed E-state index contributed by atoms with van der Waals surface area (Å²) in [6.07, 6.45) is 6.12. The van der Waals surface area contributed by atoms with E-state index in [1.165, 1.54) is 32.4 Å². The molecule has 1 aromatic carbocycles. The zero-order valence-corrected chi connectivity index (χ0v) is 19.2. The van der Waals surface area contributed by atoms with Gasteiger partial charge in [0.05, 0.1) is 40.7 Å². The van der Waals surface area contributed by atoms with Crippen LogP contribution in [-0.4, -0.2) is 39.4 Å². The van der Waals surface area contributed by atoms with Crippen molar-refractivity contribution in [2.45, 2.75) is 13.5 Å². The van der Waals surface area contributed by atoms with Gasteiger partial charge in [-0.05, 0) is 25.1 Å². The fourth-order valence-electron chi connectivity index (χ4n) is 4.35. The molecule has 0 aliphatic rings. The summed E-state index contributed by atoms with van der Waals surface area (Å²) in [5, 5.41) is 4.12. The van der Waals surface area contributed by atoms with E-state index < -0.39 is 17.7 Å². The number of imidazole rings is 2. The first kappa shape index (κ1) is 21.6. The van der Waals surface area contributed by atoms with Crippen LogP contribution in [-0.2, 0) is 13.6 Å². The molecule has 12 heteroatoms. The number of aryl methyl sites for hydroxylation is 2. The second-order valence-electron chi connectivity index (χ2n) is 8.41. The van der Waals surface area contributed by atoms with E-state index in [9.17, 15) is 4.79 Å². The molecule has 2 N–H and O–H groups in total. The van der Waals surface area contributed by atoms with Crippen molar-refractivity contribution in [1.29, 1.82) is 0 Å². The molecule has 1 amide bonds. The van der Waals surface area contributed by atoms with Crippen molar-refractivity contribution in [3.63, 3.8) is 0 Å². The molecule has 5 heterocycles. The molecule has 36 heavy (non-hydrogen) atoms. The Balaban J connectivity index is 1.50. The highest BCUT2D eigenvalue weighted by molar-refractivity contribution is 6.08. The molecule has 5 aromatic heterocycles. The summed E-state index contributed by atoms with van der Waals surface area (Å²) < 4.78 is 34.9. The zero-order valence-electron chi connectivity index (χ0n) is 19.2. The molecule has 6 rings (SSSR count). The number of nitrogens with zero attached hydrogens (tertiary/aromatic N) is 8. The maximum Gasteiger partial charge on any atom is 0.261 e. The van der Waals surface area contributed by atoms with Crippen molar-refractivity contribution in [3.8, 4) is 0 Å². The Morgan fingerprint density at radius 2 is 2.00 bits per heavy atom. The van der Waals surface area contributed by atoms with Gasteiger partial charge in [0.2, 0.25) is 5.95 Å². The average Bonchev–Trinajstić information content (AvgIpc) is 3.55. The number of anilines is 2. The molecule has 0 aliphatic carbocycles. The Morgan fingerprint density at radius 3 is 2.75 bits per heavy atom. The van der Waals surface area contributed by atoms with Gasteiger partial charge in [0.15, 0.2) is 0 Å². The lowest BCUT2D eigenvalue weighted by Gasteiger charge is -2.21. The number of hydrogen-bond acceptors (Lipinski definition) is 6. The molecule has 0 spiro atoms. The molecule has 0 saturated heterocycles. The number of rotatable bonds is 4. The van der Waals surface area contributed by atoms with Gasteiger partial charge in [0.1, 0.15) is 34.8 Å². The Hall–Kier alpha value is -4.87. The SMILES string of the molecule is Cc1ncn2c1c(N)nc1cc(F)c(C(=O)N(Cc3nc4ccccn4c3F)c3cnn(C)c3)cc12. The molecule has 10 nitrogen and oxygen atoms in total. The summed E-state index contributed by atoms with van der Waals surface area (Å²) in [5.41, 5.74) is 8.55. The van der Waals surface area contributed by atoms with Crippen LogP contribution in [0.2, 0.25) is 0 Å². The number of hydrogen-bond donors (Lipinski definition) is 1. The monoisotopic (exact) mass is 487 g/mol. The van der Waals surface area contributed by atoms with E-state index in [1.54, 1.807) is 49.1 Å². The van der Waals surface area contributed by atoms with E-state index in [0.717, 1.165) is 6.07 Å². The summed E-state index contributed by atoms with van der Waals surface area (Å²) >= 11 is 0. The Bertz CT molecular complexity index is 1820. The fraction of sp³-hybridized carbons (Fsp3) is 0.125. The van der Waals surface area contributed by atoms with Gasteiger partial charge in [-0.1, -0.05) is 6.07 Å². The van der Waals surface area contributed by atoms with Gasteiger partial charge in [-0.25, -0.2) is 19.3 Å². The Kier molecular flexibility index (Phi) is 4.71. The zero-order chi connectivity index (χ0) is 25.1. The van der Waals surface area contributed by atoms with E-state index in [2.05, 4.69) is 20.1 Å². The molecule has 0 fully saturated rings. The van der Waals surface area contributed by atoms with Gasteiger partial charge in [0, 0.05) is 25.5 Å². The second-order valence-corrected chi connectivity index (χ2v) is 8.41. The molecule has 0 saturated carbocycles. The summed E-state index contributed by atoms with van der Waals surface area (Å²) in [4.78, 5) is 27.9. The molecule has 6 aromatic rings. The third-order valence-corrected chi connectivity index (χ3v) is 6.08. The standard InChI is InChI=1S/C24H19F2N9O/c1-13-21-23(27)31-17-8-16(25)15(7-19(17)35(21)12-28-13)24(36)34(14-9-29-32(2)10-14)11-18-22(26)33-6-4-3-5-20(33)30-18/h3-10,12H,11H2,1-2H3,(H2,27,31). The van der Waals surface area contributed by atoms with E-state index in [1.807, 2.05) is 0 Å². The largest absolute Gasteiger partial charge is 0.382 e. The minimum Gasteiger partial charge on any atom is -0.382 e. The van der Waals surface area contributed by atoms with Gasteiger partial charge in [-0.3, -0.25) is 23.2 Å². The summed E-state index contributed by atoms with van der Waals surface area (Å²) in [5.74, 6) is -1.89. The van der Waals surface area contributed by atoms with Crippen LogP contribution in [0.15, 0.2) is 55.2 Å². The molecule has 180 valence electrons.